The minimum Gasteiger partial charge on any atom is -0.466 e. The van der Waals surface area contributed by atoms with Crippen LogP contribution in [0, 0.1) is 0 Å². The van der Waals surface area contributed by atoms with Crippen molar-refractivity contribution in [3.8, 4) is 11.1 Å². The summed E-state index contributed by atoms with van der Waals surface area (Å²) in [7, 11) is 0. The number of hydrogen-bond donors (Lipinski definition) is 0. The molecule has 0 heterocycles. The maximum absolute atomic E-state index is 11.7. The van der Waals surface area contributed by atoms with E-state index in [1.807, 2.05) is 19.1 Å². The average Bonchev–Trinajstić information content (AvgIpc) is 2.79. The summed E-state index contributed by atoms with van der Waals surface area (Å²) >= 11 is 0. The number of ether oxygens (including phenoxy) is 1. The van der Waals surface area contributed by atoms with E-state index in [2.05, 4.69) is 30.3 Å². The van der Waals surface area contributed by atoms with Gasteiger partial charge >= 0.3 is 5.97 Å². The van der Waals surface area contributed by atoms with Crippen molar-refractivity contribution in [3.63, 3.8) is 0 Å². The van der Waals surface area contributed by atoms with Gasteiger partial charge in [0.05, 0.1) is 13.0 Å². The van der Waals surface area contributed by atoms with Gasteiger partial charge in [0.15, 0.2) is 0 Å². The molecule has 0 amide bonds. The Morgan fingerprint density at radius 2 is 1.85 bits per heavy atom. The third-order valence-corrected chi connectivity index (χ3v) is 3.59. The number of esters is 1. The monoisotopic (exact) mass is 342 g/mol. The molecule has 2 aromatic carbocycles. The van der Waals surface area contributed by atoms with Crippen molar-refractivity contribution in [1.29, 1.82) is 0 Å². The summed E-state index contributed by atoms with van der Waals surface area (Å²) in [6.07, 6.45) is 1.28. The number of benzene rings is 2. The molecular weight excluding hydrogens is 327 g/mol. The van der Waals surface area contributed by atoms with Gasteiger partial charge in [0, 0.05) is 26.2 Å². The normalized spacial score (nSPS) is 11.2. The Balaban J connectivity index is 0.00000147. The van der Waals surface area contributed by atoms with Gasteiger partial charge in [0.1, 0.15) is 0 Å². The summed E-state index contributed by atoms with van der Waals surface area (Å²) < 4.78 is 5.04. The second kappa shape index (κ2) is 6.50. The quantitative estimate of drug-likeness (QED) is 0.682. The third kappa shape index (κ3) is 2.78. The molecule has 0 aromatic heterocycles. The van der Waals surface area contributed by atoms with Crippen LogP contribution in [-0.2, 0) is 48.6 Å². The first-order valence-electron chi connectivity index (χ1n) is 6.64. The van der Waals surface area contributed by atoms with Crippen molar-refractivity contribution in [3.05, 3.63) is 59.2 Å². The van der Waals surface area contributed by atoms with E-state index in [1.165, 1.54) is 22.3 Å². The molecule has 0 spiro atoms. The number of hydrogen-bond acceptors (Lipinski definition) is 2. The Morgan fingerprint density at radius 1 is 1.10 bits per heavy atom. The van der Waals surface area contributed by atoms with Crippen LogP contribution in [0.2, 0.25) is 0 Å². The van der Waals surface area contributed by atoms with Gasteiger partial charge in [-0.25, -0.2) is 0 Å². The molecule has 3 rings (SSSR count). The summed E-state index contributed by atoms with van der Waals surface area (Å²) in [5.41, 5.74) is 6.26. The van der Waals surface area contributed by atoms with E-state index in [4.69, 9.17) is 4.74 Å². The second-order valence-corrected chi connectivity index (χ2v) is 4.76. The molecule has 3 heteroatoms. The van der Waals surface area contributed by atoms with Gasteiger partial charge in [-0.1, -0.05) is 42.5 Å². The number of fused-ring (bicyclic) bond motifs is 3. The van der Waals surface area contributed by atoms with Gasteiger partial charge in [0.25, 0.3) is 0 Å². The Labute approximate surface area is 138 Å². The number of rotatable bonds is 3. The summed E-state index contributed by atoms with van der Waals surface area (Å²) in [5.74, 6) is -0.146. The smallest absolute Gasteiger partial charge is 0.310 e. The Hall–Kier alpha value is -1.21. The van der Waals surface area contributed by atoms with E-state index in [0.717, 1.165) is 12.0 Å². The molecule has 0 fully saturated rings. The summed E-state index contributed by atoms with van der Waals surface area (Å²) in [5, 5.41) is 0. The van der Waals surface area contributed by atoms with Crippen molar-refractivity contribution in [1.82, 2.24) is 0 Å². The molecule has 2 aromatic rings. The molecule has 100 valence electrons. The topological polar surface area (TPSA) is 26.3 Å². The van der Waals surface area contributed by atoms with Crippen LogP contribution >= 0.6 is 0 Å². The first-order chi connectivity index (χ1) is 9.29. The van der Waals surface area contributed by atoms with Crippen LogP contribution in [0.5, 0.6) is 0 Å². The minimum absolute atomic E-state index is 0. The zero-order valence-electron chi connectivity index (χ0n) is 11.5. The maximum Gasteiger partial charge on any atom is 0.310 e. The van der Waals surface area contributed by atoms with E-state index >= 15 is 0 Å². The fourth-order valence-electron chi connectivity index (χ4n) is 2.76. The van der Waals surface area contributed by atoms with Crippen molar-refractivity contribution in [2.24, 2.45) is 0 Å². The van der Waals surface area contributed by atoms with Crippen LogP contribution in [0.25, 0.3) is 11.1 Å². The molecular formula is C17H16O2Zr. The second-order valence-electron chi connectivity index (χ2n) is 4.76. The van der Waals surface area contributed by atoms with Crippen molar-refractivity contribution in [2.45, 2.75) is 19.8 Å². The standard InChI is InChI=1S/C17H16O2.Zr/c1-2-19-17(18)11-13-7-5-9-15-14-8-4-3-6-12(14)10-16(13)15;/h3-9H,2,10-11H2,1H3;. The molecule has 1 aliphatic rings. The van der Waals surface area contributed by atoms with Gasteiger partial charge in [-0.05, 0) is 41.2 Å². The average molecular weight is 344 g/mol. The van der Waals surface area contributed by atoms with Crippen molar-refractivity contribution >= 4 is 5.97 Å². The first-order valence-corrected chi connectivity index (χ1v) is 6.64. The van der Waals surface area contributed by atoms with Gasteiger partial charge in [-0.2, -0.15) is 0 Å². The van der Waals surface area contributed by atoms with Crippen LogP contribution in [0.15, 0.2) is 42.5 Å². The zero-order chi connectivity index (χ0) is 13.2. The van der Waals surface area contributed by atoms with E-state index in [-0.39, 0.29) is 32.2 Å². The van der Waals surface area contributed by atoms with Gasteiger partial charge in [-0.3, -0.25) is 4.79 Å². The zero-order valence-corrected chi connectivity index (χ0v) is 13.9. The molecule has 2 nitrogen and oxygen atoms in total. The first kappa shape index (κ1) is 15.2. The Morgan fingerprint density at radius 3 is 2.65 bits per heavy atom. The molecule has 0 aliphatic heterocycles. The molecule has 1 aliphatic carbocycles. The number of carbonyl (C=O) groups excluding carboxylic acids is 1. The SMILES string of the molecule is CCOC(=O)Cc1cccc2c1Cc1ccccc1-2.[Zr]. The Bertz CT molecular complexity index is 635. The summed E-state index contributed by atoms with van der Waals surface area (Å²) in [4.78, 5) is 11.7. The van der Waals surface area contributed by atoms with Gasteiger partial charge in [0.2, 0.25) is 0 Å². The van der Waals surface area contributed by atoms with Crippen molar-refractivity contribution < 1.29 is 35.7 Å². The molecule has 0 saturated carbocycles. The largest absolute Gasteiger partial charge is 0.466 e. The minimum atomic E-state index is -0.146. The maximum atomic E-state index is 11.7. The molecule has 0 bridgehead atoms. The molecule has 0 N–H and O–H groups in total. The number of carbonyl (C=O) groups is 1. The fraction of sp³-hybridized carbons (Fsp3) is 0.235. The van der Waals surface area contributed by atoms with E-state index < -0.39 is 0 Å². The van der Waals surface area contributed by atoms with E-state index in [9.17, 15) is 4.79 Å². The van der Waals surface area contributed by atoms with E-state index in [1.54, 1.807) is 0 Å². The summed E-state index contributed by atoms with van der Waals surface area (Å²) in [6, 6.07) is 14.6. The Kier molecular flexibility index (Phi) is 4.93. The van der Waals surface area contributed by atoms with Crippen LogP contribution in [0.3, 0.4) is 0 Å². The molecule has 0 unspecified atom stereocenters. The third-order valence-electron chi connectivity index (χ3n) is 3.59. The molecule has 20 heavy (non-hydrogen) atoms. The van der Waals surface area contributed by atoms with Crippen LogP contribution in [-0.4, -0.2) is 12.6 Å². The van der Waals surface area contributed by atoms with Crippen LogP contribution in [0.1, 0.15) is 23.6 Å². The van der Waals surface area contributed by atoms with E-state index in [0.29, 0.717) is 13.0 Å². The fourth-order valence-corrected chi connectivity index (χ4v) is 2.76. The molecule has 0 saturated heterocycles. The van der Waals surface area contributed by atoms with Gasteiger partial charge in [-0.15, -0.1) is 0 Å². The predicted molar refractivity (Wildman–Crippen MR) is 75.0 cm³/mol. The van der Waals surface area contributed by atoms with Crippen molar-refractivity contribution in [2.75, 3.05) is 6.61 Å². The molecule has 0 atom stereocenters. The molecule has 0 radical (unpaired) electrons. The van der Waals surface area contributed by atoms with Crippen LogP contribution < -0.4 is 0 Å². The van der Waals surface area contributed by atoms with Crippen LogP contribution in [0.4, 0.5) is 0 Å². The predicted octanol–water partition coefficient (Wildman–Crippen LogP) is 3.36. The summed E-state index contributed by atoms with van der Waals surface area (Å²) in [6.45, 7) is 2.28. The van der Waals surface area contributed by atoms with Gasteiger partial charge < -0.3 is 4.74 Å².